The number of rotatable bonds is 8. The molecule has 0 saturated carbocycles. The van der Waals surface area contributed by atoms with E-state index in [-0.39, 0.29) is 5.78 Å². The maximum Gasteiger partial charge on any atom is 0.195 e. The Kier molecular flexibility index (Phi) is 6.59. The van der Waals surface area contributed by atoms with Gasteiger partial charge in [-0.2, -0.15) is 0 Å². The number of hydrogen-bond donors (Lipinski definition) is 1. The molecule has 3 aromatic carbocycles. The minimum absolute atomic E-state index is 0.00224. The molecule has 0 amide bonds. The number of carbonyl (C=O) groups excluding carboxylic acids is 1. The first-order valence-electron chi connectivity index (χ1n) is 11.9. The van der Waals surface area contributed by atoms with Gasteiger partial charge >= 0.3 is 0 Å². The Morgan fingerprint density at radius 2 is 1.78 bits per heavy atom. The second kappa shape index (κ2) is 10.3. The van der Waals surface area contributed by atoms with Crippen LogP contribution in [0.25, 0.3) is 27.5 Å². The van der Waals surface area contributed by atoms with Crippen LogP contribution >= 0.6 is 0 Å². The summed E-state index contributed by atoms with van der Waals surface area (Å²) in [5.74, 6) is -0.00224. The molecule has 0 fully saturated rings. The fraction of sp³-hybridized carbons (Fsp3) is 0.0625. The third-order valence-electron chi connectivity index (χ3n) is 6.29. The number of aromatic amines is 1. The second-order valence-corrected chi connectivity index (χ2v) is 8.74. The van der Waals surface area contributed by atoms with E-state index in [1.54, 1.807) is 18.6 Å². The fourth-order valence-corrected chi connectivity index (χ4v) is 4.46. The Labute approximate surface area is 211 Å². The molecule has 36 heavy (non-hydrogen) atoms. The van der Waals surface area contributed by atoms with Gasteiger partial charge < -0.3 is 9.55 Å². The summed E-state index contributed by atoms with van der Waals surface area (Å²) in [6.07, 6.45) is 15.1. The van der Waals surface area contributed by atoms with Crippen molar-refractivity contribution in [2.75, 3.05) is 0 Å². The summed E-state index contributed by atoms with van der Waals surface area (Å²) in [5, 5.41) is 2.26. The number of allylic oxidation sites excluding steroid dienone is 5. The van der Waals surface area contributed by atoms with Gasteiger partial charge in [0.25, 0.3) is 0 Å². The van der Waals surface area contributed by atoms with Crippen molar-refractivity contribution in [2.24, 2.45) is 0 Å². The van der Waals surface area contributed by atoms with Gasteiger partial charge in [0, 0.05) is 35.3 Å². The molecule has 0 bridgehead atoms. The molecule has 0 aliphatic heterocycles. The van der Waals surface area contributed by atoms with Gasteiger partial charge in [0.15, 0.2) is 5.78 Å². The number of imidazole rings is 1. The van der Waals surface area contributed by atoms with E-state index >= 15 is 0 Å². The summed E-state index contributed by atoms with van der Waals surface area (Å²) in [5.41, 5.74) is 6.37. The zero-order valence-electron chi connectivity index (χ0n) is 20.2. The molecule has 2 heterocycles. The highest BCUT2D eigenvalue weighted by atomic mass is 16.1. The molecule has 0 saturated heterocycles. The van der Waals surface area contributed by atoms with Crippen LogP contribution in [0.15, 0.2) is 123 Å². The van der Waals surface area contributed by atoms with Crippen molar-refractivity contribution in [3.8, 4) is 11.1 Å². The summed E-state index contributed by atoms with van der Waals surface area (Å²) >= 11 is 0. The summed E-state index contributed by atoms with van der Waals surface area (Å²) in [4.78, 5) is 21.2. The predicted molar refractivity (Wildman–Crippen MR) is 148 cm³/mol. The average molecular weight is 470 g/mol. The van der Waals surface area contributed by atoms with Crippen LogP contribution in [0.1, 0.15) is 34.1 Å². The smallest absolute Gasteiger partial charge is 0.195 e. The van der Waals surface area contributed by atoms with Crippen LogP contribution in [0, 0.1) is 0 Å². The van der Waals surface area contributed by atoms with Crippen LogP contribution < -0.4 is 0 Å². The Balaban J connectivity index is 1.60. The standard InChI is InChI=1S/C32H27N3O/c1-3-4-5-10-23(2)25-13-8-14-26(17-25)32(36)31-21-35(19-27-18-33-22-34-27)20-30(31)29-16-9-12-24-11-6-7-15-28(24)29/h3-18,20-22H,1,19H2,2H3,(H,33,34)/b5-4-,23-10+. The van der Waals surface area contributed by atoms with Crippen LogP contribution in [0.2, 0.25) is 0 Å². The highest BCUT2D eigenvalue weighted by Crippen LogP contribution is 2.33. The number of carbonyl (C=O) groups is 1. The maximum absolute atomic E-state index is 13.9. The van der Waals surface area contributed by atoms with E-state index < -0.39 is 0 Å². The van der Waals surface area contributed by atoms with E-state index in [0.29, 0.717) is 17.7 Å². The first kappa shape index (κ1) is 23.1. The van der Waals surface area contributed by atoms with Crippen LogP contribution in [-0.4, -0.2) is 20.3 Å². The van der Waals surface area contributed by atoms with E-state index in [0.717, 1.165) is 38.7 Å². The number of fused-ring (bicyclic) bond motifs is 1. The van der Waals surface area contributed by atoms with E-state index in [2.05, 4.69) is 47.0 Å². The molecule has 5 rings (SSSR count). The summed E-state index contributed by atoms with van der Waals surface area (Å²) in [6.45, 7) is 6.35. The molecule has 5 aromatic rings. The molecular formula is C32H27N3O. The van der Waals surface area contributed by atoms with Gasteiger partial charge in [-0.1, -0.05) is 91.5 Å². The number of H-pyrrole nitrogens is 1. The van der Waals surface area contributed by atoms with Gasteiger partial charge in [0.1, 0.15) is 0 Å². The van der Waals surface area contributed by atoms with E-state index in [1.807, 2.05) is 78.4 Å². The third-order valence-corrected chi connectivity index (χ3v) is 6.29. The first-order chi connectivity index (χ1) is 17.6. The van der Waals surface area contributed by atoms with Gasteiger partial charge in [-0.3, -0.25) is 4.79 Å². The zero-order chi connectivity index (χ0) is 24.9. The molecule has 2 aromatic heterocycles. The lowest BCUT2D eigenvalue weighted by molar-refractivity contribution is 0.103. The summed E-state index contributed by atoms with van der Waals surface area (Å²) < 4.78 is 2.05. The Morgan fingerprint density at radius 1 is 0.972 bits per heavy atom. The van der Waals surface area contributed by atoms with Crippen molar-refractivity contribution in [1.29, 1.82) is 0 Å². The lowest BCUT2D eigenvalue weighted by Crippen LogP contribution is -2.03. The molecule has 0 aliphatic carbocycles. The van der Waals surface area contributed by atoms with Crippen molar-refractivity contribution in [3.63, 3.8) is 0 Å². The monoisotopic (exact) mass is 469 g/mol. The minimum Gasteiger partial charge on any atom is -0.347 e. The molecule has 0 atom stereocenters. The third kappa shape index (κ3) is 4.75. The number of benzene rings is 3. The van der Waals surface area contributed by atoms with Crippen molar-refractivity contribution >= 4 is 22.1 Å². The highest BCUT2D eigenvalue weighted by Gasteiger charge is 2.20. The van der Waals surface area contributed by atoms with Gasteiger partial charge in [-0.25, -0.2) is 4.98 Å². The zero-order valence-corrected chi connectivity index (χ0v) is 20.2. The molecule has 176 valence electrons. The fourth-order valence-electron chi connectivity index (χ4n) is 4.46. The molecule has 4 heteroatoms. The van der Waals surface area contributed by atoms with Gasteiger partial charge in [-0.05, 0) is 40.5 Å². The van der Waals surface area contributed by atoms with Crippen molar-refractivity contribution < 1.29 is 4.79 Å². The Morgan fingerprint density at radius 3 is 2.61 bits per heavy atom. The summed E-state index contributed by atoms with van der Waals surface area (Å²) in [7, 11) is 0. The molecule has 4 nitrogen and oxygen atoms in total. The van der Waals surface area contributed by atoms with Crippen LogP contribution in [0.4, 0.5) is 0 Å². The maximum atomic E-state index is 13.9. The van der Waals surface area contributed by atoms with Crippen molar-refractivity contribution in [2.45, 2.75) is 13.5 Å². The van der Waals surface area contributed by atoms with E-state index in [9.17, 15) is 4.79 Å². The van der Waals surface area contributed by atoms with Gasteiger partial charge in [0.05, 0.1) is 18.6 Å². The van der Waals surface area contributed by atoms with Crippen LogP contribution in [0.3, 0.4) is 0 Å². The van der Waals surface area contributed by atoms with Gasteiger partial charge in [-0.15, -0.1) is 0 Å². The van der Waals surface area contributed by atoms with E-state index in [1.165, 1.54) is 0 Å². The lowest BCUT2D eigenvalue weighted by Gasteiger charge is -2.09. The molecule has 0 unspecified atom stereocenters. The Hall–Kier alpha value is -4.70. The van der Waals surface area contributed by atoms with Crippen LogP contribution in [-0.2, 0) is 6.54 Å². The minimum atomic E-state index is -0.00224. The molecule has 1 N–H and O–H groups in total. The SMILES string of the molecule is C=C/C=C\C=C(/C)c1cccc(C(=O)c2cn(Cc3cnc[nH]3)cc2-c2cccc3ccccc23)c1. The second-order valence-electron chi connectivity index (χ2n) is 8.74. The number of nitrogens with one attached hydrogen (secondary N) is 1. The topological polar surface area (TPSA) is 50.7 Å². The van der Waals surface area contributed by atoms with E-state index in [4.69, 9.17) is 0 Å². The normalized spacial score (nSPS) is 11.9. The average Bonchev–Trinajstić information content (AvgIpc) is 3.58. The number of hydrogen-bond acceptors (Lipinski definition) is 2. The molecule has 0 spiro atoms. The highest BCUT2D eigenvalue weighted by molar-refractivity contribution is 6.14. The van der Waals surface area contributed by atoms with Crippen molar-refractivity contribution in [1.82, 2.24) is 14.5 Å². The van der Waals surface area contributed by atoms with Crippen LogP contribution in [0.5, 0.6) is 0 Å². The Bertz CT molecular complexity index is 1590. The molecular weight excluding hydrogens is 442 g/mol. The predicted octanol–water partition coefficient (Wildman–Crippen LogP) is 7.46. The largest absolute Gasteiger partial charge is 0.347 e. The quantitative estimate of drug-likeness (QED) is 0.189. The van der Waals surface area contributed by atoms with Gasteiger partial charge in [0.2, 0.25) is 0 Å². The number of nitrogens with zero attached hydrogens (tertiary/aromatic N) is 2. The number of ketones is 1. The van der Waals surface area contributed by atoms with Crippen molar-refractivity contribution in [3.05, 3.63) is 145 Å². The first-order valence-corrected chi connectivity index (χ1v) is 11.9. The lowest BCUT2D eigenvalue weighted by atomic mass is 9.93. The number of aromatic nitrogens is 3. The summed E-state index contributed by atoms with van der Waals surface area (Å²) in [6, 6.07) is 22.3. The molecule has 0 aliphatic rings. The molecule has 0 radical (unpaired) electrons.